The van der Waals surface area contributed by atoms with Crippen molar-refractivity contribution in [1.29, 1.82) is 0 Å². The van der Waals surface area contributed by atoms with E-state index in [1.165, 1.54) is 5.56 Å². The van der Waals surface area contributed by atoms with Crippen LogP contribution >= 0.6 is 0 Å². The molecule has 29 heavy (non-hydrogen) atoms. The van der Waals surface area contributed by atoms with Gasteiger partial charge < -0.3 is 15.0 Å². The third-order valence-electron chi connectivity index (χ3n) is 5.47. The third-order valence-corrected chi connectivity index (χ3v) is 5.47. The Balaban J connectivity index is 1.55. The second kappa shape index (κ2) is 8.68. The van der Waals surface area contributed by atoms with Crippen LogP contribution in [0, 0.1) is 0 Å². The van der Waals surface area contributed by atoms with Gasteiger partial charge in [-0.2, -0.15) is 0 Å². The van der Waals surface area contributed by atoms with E-state index >= 15 is 0 Å². The van der Waals surface area contributed by atoms with Crippen molar-refractivity contribution in [2.75, 3.05) is 20.2 Å². The van der Waals surface area contributed by atoms with E-state index in [4.69, 9.17) is 4.74 Å². The van der Waals surface area contributed by atoms with E-state index < -0.39 is 0 Å². The van der Waals surface area contributed by atoms with Crippen LogP contribution in [0.25, 0.3) is 0 Å². The number of nitrogens with zero attached hydrogens (tertiary/aromatic N) is 1. The molecule has 0 aromatic heterocycles. The minimum atomic E-state index is -0.0556. The molecule has 1 N–H and O–H groups in total. The lowest BCUT2D eigenvalue weighted by molar-refractivity contribution is 0.0695. The number of piperidine rings is 1. The Morgan fingerprint density at radius 3 is 2.21 bits per heavy atom. The largest absolute Gasteiger partial charge is 0.496 e. The minimum absolute atomic E-state index is 0.0232. The van der Waals surface area contributed by atoms with Crippen molar-refractivity contribution in [2.45, 2.75) is 45.1 Å². The molecule has 0 spiro atoms. The Labute approximate surface area is 173 Å². The molecule has 2 aromatic carbocycles. The van der Waals surface area contributed by atoms with E-state index in [0.717, 1.165) is 12.8 Å². The molecular formula is C24H30N2O3. The number of para-hydroxylation sites is 1. The number of nitrogens with one attached hydrogen (secondary N) is 1. The molecule has 0 unspecified atom stereocenters. The van der Waals surface area contributed by atoms with Gasteiger partial charge in [0.25, 0.3) is 11.8 Å². The van der Waals surface area contributed by atoms with Gasteiger partial charge in [-0.15, -0.1) is 0 Å². The van der Waals surface area contributed by atoms with Gasteiger partial charge >= 0.3 is 0 Å². The minimum Gasteiger partial charge on any atom is -0.496 e. The van der Waals surface area contributed by atoms with Crippen LogP contribution in [-0.4, -0.2) is 43.0 Å². The number of likely N-dealkylation sites (tertiary alicyclic amines) is 1. The summed E-state index contributed by atoms with van der Waals surface area (Å²) in [6, 6.07) is 15.2. The molecule has 2 aromatic rings. The van der Waals surface area contributed by atoms with Gasteiger partial charge in [-0.05, 0) is 48.1 Å². The lowest BCUT2D eigenvalue weighted by Crippen LogP contribution is -2.46. The molecule has 0 bridgehead atoms. The maximum Gasteiger partial charge on any atom is 0.257 e. The van der Waals surface area contributed by atoms with Gasteiger partial charge in [0, 0.05) is 24.7 Å². The van der Waals surface area contributed by atoms with E-state index in [-0.39, 0.29) is 23.3 Å². The average Bonchev–Trinajstić information content (AvgIpc) is 2.73. The van der Waals surface area contributed by atoms with E-state index in [1.807, 2.05) is 41.3 Å². The molecule has 154 valence electrons. The van der Waals surface area contributed by atoms with E-state index in [9.17, 15) is 9.59 Å². The number of benzene rings is 2. The lowest BCUT2D eigenvalue weighted by atomic mass is 9.86. The van der Waals surface area contributed by atoms with Crippen molar-refractivity contribution in [3.63, 3.8) is 0 Å². The summed E-state index contributed by atoms with van der Waals surface area (Å²) in [6.45, 7) is 7.70. The predicted molar refractivity (Wildman–Crippen MR) is 115 cm³/mol. The molecule has 1 fully saturated rings. The van der Waals surface area contributed by atoms with Gasteiger partial charge in [0.15, 0.2) is 0 Å². The summed E-state index contributed by atoms with van der Waals surface area (Å²) in [5, 5.41) is 3.11. The molecule has 1 heterocycles. The summed E-state index contributed by atoms with van der Waals surface area (Å²) in [4.78, 5) is 27.2. The number of carbonyl (C=O) groups is 2. The Morgan fingerprint density at radius 2 is 1.62 bits per heavy atom. The highest BCUT2D eigenvalue weighted by Gasteiger charge is 2.26. The zero-order valence-electron chi connectivity index (χ0n) is 17.7. The molecule has 1 saturated heterocycles. The van der Waals surface area contributed by atoms with Crippen LogP contribution in [0.1, 0.15) is 59.9 Å². The first-order chi connectivity index (χ1) is 13.8. The summed E-state index contributed by atoms with van der Waals surface area (Å²) in [5.74, 6) is 0.511. The molecule has 5 heteroatoms. The lowest BCUT2D eigenvalue weighted by Gasteiger charge is -2.32. The summed E-state index contributed by atoms with van der Waals surface area (Å²) in [6.07, 6.45) is 1.49. The second-order valence-corrected chi connectivity index (χ2v) is 8.57. The van der Waals surface area contributed by atoms with E-state index in [0.29, 0.717) is 30.0 Å². The molecule has 0 saturated carbocycles. The fraction of sp³-hybridized carbons (Fsp3) is 0.417. The normalized spacial score (nSPS) is 15.1. The van der Waals surface area contributed by atoms with Gasteiger partial charge in [0.05, 0.1) is 12.7 Å². The van der Waals surface area contributed by atoms with Gasteiger partial charge in [0.2, 0.25) is 0 Å². The summed E-state index contributed by atoms with van der Waals surface area (Å²) in [5.41, 5.74) is 2.52. The summed E-state index contributed by atoms with van der Waals surface area (Å²) in [7, 11) is 1.57. The zero-order valence-corrected chi connectivity index (χ0v) is 17.7. The number of amides is 2. The smallest absolute Gasteiger partial charge is 0.257 e. The summed E-state index contributed by atoms with van der Waals surface area (Å²) >= 11 is 0. The average molecular weight is 395 g/mol. The fourth-order valence-corrected chi connectivity index (χ4v) is 3.61. The molecule has 0 atom stereocenters. The van der Waals surface area contributed by atoms with Crippen molar-refractivity contribution in [2.24, 2.45) is 0 Å². The van der Waals surface area contributed by atoms with Crippen LogP contribution in [0.5, 0.6) is 5.75 Å². The maximum absolute atomic E-state index is 12.8. The highest BCUT2D eigenvalue weighted by atomic mass is 16.5. The SMILES string of the molecule is COc1ccccc1C(=O)N1CCC(NC(=O)c2ccc(C(C)(C)C)cc2)CC1. The quantitative estimate of drug-likeness (QED) is 0.852. The first kappa shape index (κ1) is 20.9. The van der Waals surface area contributed by atoms with Gasteiger partial charge in [-0.25, -0.2) is 0 Å². The zero-order chi connectivity index (χ0) is 21.0. The van der Waals surface area contributed by atoms with Crippen LogP contribution in [-0.2, 0) is 5.41 Å². The first-order valence-corrected chi connectivity index (χ1v) is 10.1. The number of carbonyl (C=O) groups excluding carboxylic acids is 2. The first-order valence-electron chi connectivity index (χ1n) is 10.1. The molecule has 1 aliphatic heterocycles. The number of hydrogen-bond donors (Lipinski definition) is 1. The number of ether oxygens (including phenoxy) is 1. The Kier molecular flexibility index (Phi) is 6.26. The fourth-order valence-electron chi connectivity index (χ4n) is 3.61. The van der Waals surface area contributed by atoms with Crippen LogP contribution in [0.3, 0.4) is 0 Å². The van der Waals surface area contributed by atoms with Gasteiger partial charge in [-0.1, -0.05) is 45.0 Å². The monoisotopic (exact) mass is 394 g/mol. The number of methoxy groups -OCH3 is 1. The molecular weight excluding hydrogens is 364 g/mol. The highest BCUT2D eigenvalue weighted by Crippen LogP contribution is 2.23. The standard InChI is InChI=1S/C24H30N2O3/c1-24(2,3)18-11-9-17(10-12-18)22(27)25-19-13-15-26(16-14-19)23(28)20-7-5-6-8-21(20)29-4/h5-12,19H,13-16H2,1-4H3,(H,25,27). The maximum atomic E-state index is 12.8. The van der Waals surface area contributed by atoms with E-state index in [2.05, 4.69) is 26.1 Å². The third kappa shape index (κ3) is 4.97. The molecule has 0 radical (unpaired) electrons. The second-order valence-electron chi connectivity index (χ2n) is 8.57. The van der Waals surface area contributed by atoms with Crippen molar-refractivity contribution in [3.8, 4) is 5.75 Å². The molecule has 5 nitrogen and oxygen atoms in total. The highest BCUT2D eigenvalue weighted by molar-refractivity contribution is 5.97. The Hall–Kier alpha value is -2.82. The van der Waals surface area contributed by atoms with Crippen LogP contribution in [0.15, 0.2) is 48.5 Å². The van der Waals surface area contributed by atoms with Crippen molar-refractivity contribution >= 4 is 11.8 Å². The molecule has 0 aliphatic carbocycles. The molecule has 2 amide bonds. The van der Waals surface area contributed by atoms with Crippen LogP contribution in [0.2, 0.25) is 0 Å². The van der Waals surface area contributed by atoms with Gasteiger partial charge in [0.1, 0.15) is 5.75 Å². The van der Waals surface area contributed by atoms with Crippen LogP contribution in [0.4, 0.5) is 0 Å². The van der Waals surface area contributed by atoms with Crippen molar-refractivity contribution < 1.29 is 14.3 Å². The van der Waals surface area contributed by atoms with Crippen molar-refractivity contribution in [1.82, 2.24) is 10.2 Å². The topological polar surface area (TPSA) is 58.6 Å². The number of rotatable bonds is 4. The number of hydrogen-bond acceptors (Lipinski definition) is 3. The Morgan fingerprint density at radius 1 is 1.00 bits per heavy atom. The molecule has 3 rings (SSSR count). The summed E-state index contributed by atoms with van der Waals surface area (Å²) < 4.78 is 5.30. The van der Waals surface area contributed by atoms with E-state index in [1.54, 1.807) is 19.2 Å². The molecule has 1 aliphatic rings. The van der Waals surface area contributed by atoms with Gasteiger partial charge in [-0.3, -0.25) is 9.59 Å². The predicted octanol–water partition coefficient (Wildman–Crippen LogP) is 4.03. The van der Waals surface area contributed by atoms with Crippen molar-refractivity contribution in [3.05, 3.63) is 65.2 Å². The Bertz CT molecular complexity index is 860. The van der Waals surface area contributed by atoms with Crippen LogP contribution < -0.4 is 10.1 Å².